The molecule has 2 atom stereocenters. The second-order valence-electron chi connectivity index (χ2n) is 8.05. The van der Waals surface area contributed by atoms with Gasteiger partial charge >= 0.3 is 0 Å². The summed E-state index contributed by atoms with van der Waals surface area (Å²) in [7, 11) is 0. The number of hydrogen-bond donors (Lipinski definition) is 1. The van der Waals surface area contributed by atoms with Gasteiger partial charge in [-0.15, -0.1) is 0 Å². The lowest BCUT2D eigenvalue weighted by Gasteiger charge is -2.44. The second kappa shape index (κ2) is 8.69. The Morgan fingerprint density at radius 3 is 2.30 bits per heavy atom. The van der Waals surface area contributed by atoms with Crippen molar-refractivity contribution < 1.29 is 14.4 Å². The molecule has 3 amide bonds. The van der Waals surface area contributed by atoms with Crippen LogP contribution in [0, 0.1) is 5.92 Å². The summed E-state index contributed by atoms with van der Waals surface area (Å²) in [6.45, 7) is 7.62. The van der Waals surface area contributed by atoms with Gasteiger partial charge in [-0.05, 0) is 49.2 Å². The number of carbonyl (C=O) groups excluding carboxylic acids is 3. The van der Waals surface area contributed by atoms with E-state index in [0.29, 0.717) is 24.1 Å². The molecule has 0 aliphatic carbocycles. The number of anilines is 2. The molecular weight excluding hydrogens is 378 g/mol. The molecule has 2 N–H and O–H groups in total. The molecule has 2 aromatic rings. The van der Waals surface area contributed by atoms with Crippen molar-refractivity contribution in [2.45, 2.75) is 52.6 Å². The molecule has 1 heterocycles. The fourth-order valence-electron chi connectivity index (χ4n) is 4.10. The van der Waals surface area contributed by atoms with E-state index in [0.717, 1.165) is 11.3 Å². The molecule has 0 fully saturated rings. The monoisotopic (exact) mass is 407 g/mol. The van der Waals surface area contributed by atoms with E-state index in [4.69, 9.17) is 5.73 Å². The third kappa shape index (κ3) is 3.95. The summed E-state index contributed by atoms with van der Waals surface area (Å²) in [5, 5.41) is 0. The Labute approximate surface area is 177 Å². The van der Waals surface area contributed by atoms with E-state index < -0.39 is 5.91 Å². The molecule has 158 valence electrons. The lowest BCUT2D eigenvalue weighted by Crippen LogP contribution is -2.48. The minimum Gasteiger partial charge on any atom is -0.366 e. The molecule has 0 radical (unpaired) electrons. The maximum absolute atomic E-state index is 13.3. The highest BCUT2D eigenvalue weighted by Crippen LogP contribution is 2.42. The van der Waals surface area contributed by atoms with Crippen LogP contribution in [0.4, 0.5) is 11.4 Å². The van der Waals surface area contributed by atoms with E-state index in [-0.39, 0.29) is 29.8 Å². The molecule has 1 aliphatic rings. The average molecular weight is 408 g/mol. The highest BCUT2D eigenvalue weighted by atomic mass is 16.2. The van der Waals surface area contributed by atoms with Crippen molar-refractivity contribution in [1.29, 1.82) is 0 Å². The number of fused-ring (bicyclic) bond motifs is 1. The minimum atomic E-state index is -0.506. The summed E-state index contributed by atoms with van der Waals surface area (Å²) in [5.41, 5.74) is 8.28. The third-order valence-corrected chi connectivity index (χ3v) is 5.60. The van der Waals surface area contributed by atoms with Crippen LogP contribution in [0.2, 0.25) is 0 Å². The van der Waals surface area contributed by atoms with Crippen molar-refractivity contribution >= 4 is 29.1 Å². The van der Waals surface area contributed by atoms with E-state index in [9.17, 15) is 14.4 Å². The van der Waals surface area contributed by atoms with Gasteiger partial charge in [0, 0.05) is 35.3 Å². The Morgan fingerprint density at radius 1 is 1.10 bits per heavy atom. The summed E-state index contributed by atoms with van der Waals surface area (Å²) < 4.78 is 0. The Balaban J connectivity index is 2.12. The Kier molecular flexibility index (Phi) is 6.25. The molecule has 2 aromatic carbocycles. The average Bonchev–Trinajstić information content (AvgIpc) is 2.73. The van der Waals surface area contributed by atoms with Crippen LogP contribution in [0.1, 0.15) is 62.5 Å². The highest BCUT2D eigenvalue weighted by molar-refractivity contribution is 5.99. The molecule has 6 heteroatoms. The number of amides is 3. The SMILES string of the molecule is CCC(=O)N1c2ccccc2[C@H](N(C(=O)C(C)C)c2ccc(C(N)=O)cc2)C[C@@H]1C. The molecule has 6 nitrogen and oxygen atoms in total. The number of nitrogens with zero attached hydrogens (tertiary/aromatic N) is 2. The maximum atomic E-state index is 13.3. The molecular formula is C24H29N3O3. The summed E-state index contributed by atoms with van der Waals surface area (Å²) in [4.78, 5) is 41.1. The quantitative estimate of drug-likeness (QED) is 0.811. The Bertz CT molecular complexity index is 952. The van der Waals surface area contributed by atoms with E-state index in [2.05, 4.69) is 0 Å². The third-order valence-electron chi connectivity index (χ3n) is 5.60. The van der Waals surface area contributed by atoms with Gasteiger partial charge in [-0.1, -0.05) is 39.0 Å². The van der Waals surface area contributed by atoms with E-state index in [1.165, 1.54) is 0 Å². The molecule has 0 saturated carbocycles. The van der Waals surface area contributed by atoms with Gasteiger partial charge in [0.15, 0.2) is 0 Å². The summed E-state index contributed by atoms with van der Waals surface area (Å²) in [5.74, 6) is -0.655. The van der Waals surface area contributed by atoms with Crippen LogP contribution in [0.15, 0.2) is 48.5 Å². The number of carbonyl (C=O) groups is 3. The molecule has 30 heavy (non-hydrogen) atoms. The normalized spacial score (nSPS) is 18.1. The largest absolute Gasteiger partial charge is 0.366 e. The van der Waals surface area contributed by atoms with Gasteiger partial charge in [0.05, 0.1) is 6.04 Å². The van der Waals surface area contributed by atoms with Gasteiger partial charge in [-0.2, -0.15) is 0 Å². The molecule has 0 saturated heterocycles. The fraction of sp³-hybridized carbons (Fsp3) is 0.375. The van der Waals surface area contributed by atoms with Crippen molar-refractivity contribution in [2.75, 3.05) is 9.80 Å². The van der Waals surface area contributed by atoms with Crippen molar-refractivity contribution in [2.24, 2.45) is 11.7 Å². The molecule has 0 bridgehead atoms. The molecule has 0 spiro atoms. The molecule has 0 aromatic heterocycles. The highest BCUT2D eigenvalue weighted by Gasteiger charge is 2.38. The van der Waals surface area contributed by atoms with Crippen LogP contribution in [0.25, 0.3) is 0 Å². The Morgan fingerprint density at radius 2 is 1.73 bits per heavy atom. The first-order valence-corrected chi connectivity index (χ1v) is 10.4. The molecule has 3 rings (SSSR count). The van der Waals surface area contributed by atoms with Crippen LogP contribution in [-0.4, -0.2) is 23.8 Å². The second-order valence-corrected chi connectivity index (χ2v) is 8.05. The Hall–Kier alpha value is -3.15. The van der Waals surface area contributed by atoms with Crippen LogP contribution < -0.4 is 15.5 Å². The zero-order chi connectivity index (χ0) is 22.0. The summed E-state index contributed by atoms with van der Waals surface area (Å²) in [6.07, 6.45) is 1.05. The number of benzene rings is 2. The number of hydrogen-bond acceptors (Lipinski definition) is 3. The zero-order valence-corrected chi connectivity index (χ0v) is 18.0. The lowest BCUT2D eigenvalue weighted by atomic mass is 9.89. The van der Waals surface area contributed by atoms with Crippen molar-refractivity contribution in [3.05, 3.63) is 59.7 Å². The number of rotatable bonds is 5. The lowest BCUT2D eigenvalue weighted by molar-refractivity contribution is -0.122. The zero-order valence-electron chi connectivity index (χ0n) is 18.0. The smallest absolute Gasteiger partial charge is 0.248 e. The van der Waals surface area contributed by atoms with E-state index in [1.807, 2.05) is 56.9 Å². The standard InChI is InChI=1S/C24H29N3O3/c1-5-22(28)26-16(4)14-21(19-8-6-7-9-20(19)26)27(24(30)15(2)3)18-12-10-17(11-13-18)23(25)29/h6-13,15-16,21H,5,14H2,1-4H3,(H2,25,29)/t16-,21+/m0/s1. The van der Waals surface area contributed by atoms with Crippen molar-refractivity contribution in [3.63, 3.8) is 0 Å². The van der Waals surface area contributed by atoms with Crippen molar-refractivity contribution in [3.8, 4) is 0 Å². The topological polar surface area (TPSA) is 83.7 Å². The first kappa shape index (κ1) is 21.6. The maximum Gasteiger partial charge on any atom is 0.248 e. The molecule has 0 unspecified atom stereocenters. The van der Waals surface area contributed by atoms with Crippen molar-refractivity contribution in [1.82, 2.24) is 0 Å². The summed E-state index contributed by atoms with van der Waals surface area (Å²) in [6, 6.07) is 14.3. The van der Waals surface area contributed by atoms with Gasteiger partial charge in [-0.25, -0.2) is 0 Å². The van der Waals surface area contributed by atoms with Crippen LogP contribution in [-0.2, 0) is 9.59 Å². The van der Waals surface area contributed by atoms with Crippen LogP contribution >= 0.6 is 0 Å². The van der Waals surface area contributed by atoms with Crippen LogP contribution in [0.5, 0.6) is 0 Å². The number of primary amides is 1. The van der Waals surface area contributed by atoms with Gasteiger partial charge in [0.2, 0.25) is 17.7 Å². The van der Waals surface area contributed by atoms with Gasteiger partial charge < -0.3 is 15.5 Å². The fourth-order valence-corrected chi connectivity index (χ4v) is 4.10. The first-order chi connectivity index (χ1) is 14.3. The van der Waals surface area contributed by atoms with Gasteiger partial charge in [-0.3, -0.25) is 14.4 Å². The number of para-hydroxylation sites is 1. The predicted molar refractivity (Wildman–Crippen MR) is 118 cm³/mol. The van der Waals surface area contributed by atoms with E-state index >= 15 is 0 Å². The van der Waals surface area contributed by atoms with E-state index in [1.54, 1.807) is 29.2 Å². The first-order valence-electron chi connectivity index (χ1n) is 10.4. The van der Waals surface area contributed by atoms with Gasteiger partial charge in [0.1, 0.15) is 0 Å². The van der Waals surface area contributed by atoms with Crippen LogP contribution in [0.3, 0.4) is 0 Å². The van der Waals surface area contributed by atoms with Gasteiger partial charge in [0.25, 0.3) is 0 Å². The summed E-state index contributed by atoms with van der Waals surface area (Å²) >= 11 is 0. The predicted octanol–water partition coefficient (Wildman–Crippen LogP) is 4.05. The number of nitrogens with two attached hydrogens (primary N) is 1. The minimum absolute atomic E-state index is 0.0101. The molecule has 1 aliphatic heterocycles.